The Labute approximate surface area is 127 Å². The lowest BCUT2D eigenvalue weighted by Crippen LogP contribution is -2.41. The molecular formula is C16H12N6. The summed E-state index contributed by atoms with van der Waals surface area (Å²) in [6.07, 6.45) is 1.79. The summed E-state index contributed by atoms with van der Waals surface area (Å²) in [4.78, 5) is 4.36. The highest BCUT2D eigenvalue weighted by molar-refractivity contribution is 5.86. The molecule has 0 aromatic heterocycles. The van der Waals surface area contributed by atoms with Gasteiger partial charge in [0.15, 0.2) is 6.19 Å². The number of aliphatic imine (C=N–C) groups is 1. The quantitative estimate of drug-likeness (QED) is 0.545. The highest BCUT2D eigenvalue weighted by atomic mass is 15.2. The smallest absolute Gasteiger partial charge is 0.211 e. The van der Waals surface area contributed by atoms with E-state index in [0.29, 0.717) is 5.57 Å². The third-order valence-corrected chi connectivity index (χ3v) is 3.46. The minimum atomic E-state index is -0.535. The molecule has 106 valence electrons. The van der Waals surface area contributed by atoms with Crippen molar-refractivity contribution >= 4 is 16.7 Å². The van der Waals surface area contributed by atoms with Crippen LogP contribution in [-0.2, 0) is 0 Å². The van der Waals surface area contributed by atoms with E-state index in [9.17, 15) is 5.26 Å². The molecule has 0 amide bonds. The van der Waals surface area contributed by atoms with Gasteiger partial charge in [-0.2, -0.15) is 10.5 Å². The Kier molecular flexibility index (Phi) is 3.35. The third-order valence-electron chi connectivity index (χ3n) is 3.46. The van der Waals surface area contributed by atoms with Gasteiger partial charge in [-0.05, 0) is 22.4 Å². The fourth-order valence-corrected chi connectivity index (χ4v) is 2.43. The Morgan fingerprint density at radius 1 is 1.14 bits per heavy atom. The molecule has 1 atom stereocenters. The molecule has 1 unspecified atom stereocenters. The first-order valence-electron chi connectivity index (χ1n) is 6.61. The zero-order chi connectivity index (χ0) is 15.5. The zero-order valence-electron chi connectivity index (χ0n) is 11.5. The summed E-state index contributed by atoms with van der Waals surface area (Å²) in [5, 5.41) is 25.3. The molecule has 0 bridgehead atoms. The van der Waals surface area contributed by atoms with Crippen LogP contribution in [0.2, 0.25) is 0 Å². The van der Waals surface area contributed by atoms with Crippen molar-refractivity contribution in [3.63, 3.8) is 0 Å². The lowest BCUT2D eigenvalue weighted by Gasteiger charge is -2.22. The Morgan fingerprint density at radius 3 is 2.64 bits per heavy atom. The van der Waals surface area contributed by atoms with Gasteiger partial charge in [-0.3, -0.25) is 5.32 Å². The topological polar surface area (TPSA) is 110 Å². The van der Waals surface area contributed by atoms with Crippen LogP contribution in [0.1, 0.15) is 11.6 Å². The van der Waals surface area contributed by atoms with E-state index in [0.717, 1.165) is 16.3 Å². The van der Waals surface area contributed by atoms with Crippen LogP contribution in [0.3, 0.4) is 0 Å². The number of nitrogens with two attached hydrogens (primary N) is 1. The maximum absolute atomic E-state index is 9.34. The van der Waals surface area contributed by atoms with Gasteiger partial charge < -0.3 is 11.1 Å². The first-order chi connectivity index (χ1) is 10.7. The molecular weight excluding hydrogens is 276 g/mol. The number of rotatable bonds is 1. The van der Waals surface area contributed by atoms with Crippen molar-refractivity contribution in [1.82, 2.24) is 10.6 Å². The summed E-state index contributed by atoms with van der Waals surface area (Å²) in [6, 6.07) is 15.4. The van der Waals surface area contributed by atoms with Gasteiger partial charge in [0.1, 0.15) is 17.9 Å². The highest BCUT2D eigenvalue weighted by Gasteiger charge is 2.25. The fourth-order valence-electron chi connectivity index (χ4n) is 2.43. The van der Waals surface area contributed by atoms with E-state index in [4.69, 9.17) is 11.0 Å². The Morgan fingerprint density at radius 2 is 1.91 bits per heavy atom. The summed E-state index contributed by atoms with van der Waals surface area (Å²) in [7, 11) is 0. The minimum Gasteiger partial charge on any atom is -0.384 e. The van der Waals surface area contributed by atoms with Gasteiger partial charge in [-0.15, -0.1) is 0 Å². The van der Waals surface area contributed by atoms with E-state index in [-0.39, 0.29) is 11.8 Å². The summed E-state index contributed by atoms with van der Waals surface area (Å²) in [5.41, 5.74) is 7.04. The SMILES string of the molecule is N#CNC1=NC(c2ccc3ccccc3c2)C(C#N)=C(N)N1. The second-order valence-electron chi connectivity index (χ2n) is 4.79. The first kappa shape index (κ1) is 13.5. The van der Waals surface area contributed by atoms with Gasteiger partial charge in [-0.1, -0.05) is 36.4 Å². The molecule has 0 saturated carbocycles. The predicted molar refractivity (Wildman–Crippen MR) is 82.8 cm³/mol. The average molecular weight is 288 g/mol. The van der Waals surface area contributed by atoms with Crippen LogP contribution in [0.15, 0.2) is 58.9 Å². The Balaban J connectivity index is 2.11. The normalized spacial score (nSPS) is 17.2. The van der Waals surface area contributed by atoms with Crippen molar-refractivity contribution < 1.29 is 0 Å². The van der Waals surface area contributed by atoms with Crippen LogP contribution in [0.5, 0.6) is 0 Å². The van der Waals surface area contributed by atoms with Gasteiger partial charge >= 0.3 is 0 Å². The molecule has 6 heteroatoms. The maximum Gasteiger partial charge on any atom is 0.211 e. The summed E-state index contributed by atoms with van der Waals surface area (Å²) in [6.45, 7) is 0. The van der Waals surface area contributed by atoms with Crippen LogP contribution < -0.4 is 16.4 Å². The van der Waals surface area contributed by atoms with Crippen molar-refractivity contribution in [3.8, 4) is 12.3 Å². The van der Waals surface area contributed by atoms with Gasteiger partial charge in [0.25, 0.3) is 0 Å². The van der Waals surface area contributed by atoms with E-state index < -0.39 is 6.04 Å². The Hall–Kier alpha value is -3.51. The van der Waals surface area contributed by atoms with Crippen molar-refractivity contribution in [1.29, 1.82) is 10.5 Å². The molecule has 0 fully saturated rings. The molecule has 22 heavy (non-hydrogen) atoms. The molecule has 1 heterocycles. The minimum absolute atomic E-state index is 0.202. The third kappa shape index (κ3) is 2.30. The molecule has 3 rings (SSSR count). The summed E-state index contributed by atoms with van der Waals surface area (Å²) < 4.78 is 0. The highest BCUT2D eigenvalue weighted by Crippen LogP contribution is 2.30. The molecule has 0 saturated heterocycles. The molecule has 2 aromatic carbocycles. The van der Waals surface area contributed by atoms with Gasteiger partial charge in [0.05, 0.1) is 5.57 Å². The summed E-state index contributed by atoms with van der Waals surface area (Å²) in [5.74, 6) is 0.436. The molecule has 4 N–H and O–H groups in total. The van der Waals surface area contributed by atoms with Crippen LogP contribution in [0.25, 0.3) is 10.8 Å². The first-order valence-corrected chi connectivity index (χ1v) is 6.61. The lowest BCUT2D eigenvalue weighted by molar-refractivity contribution is 0.786. The lowest BCUT2D eigenvalue weighted by atomic mass is 9.96. The molecule has 1 aliphatic rings. The van der Waals surface area contributed by atoms with E-state index in [1.165, 1.54) is 0 Å². The summed E-state index contributed by atoms with van der Waals surface area (Å²) >= 11 is 0. The predicted octanol–water partition coefficient (Wildman–Crippen LogP) is 1.60. The van der Waals surface area contributed by atoms with Gasteiger partial charge in [0, 0.05) is 0 Å². The van der Waals surface area contributed by atoms with Gasteiger partial charge in [-0.25, -0.2) is 4.99 Å². The van der Waals surface area contributed by atoms with Crippen molar-refractivity contribution in [3.05, 3.63) is 59.4 Å². The number of nitriles is 2. The number of hydrogen-bond acceptors (Lipinski definition) is 6. The number of guanidine groups is 1. The number of hydrogen-bond donors (Lipinski definition) is 3. The van der Waals surface area contributed by atoms with Crippen LogP contribution in [0.4, 0.5) is 0 Å². The maximum atomic E-state index is 9.34. The molecule has 0 radical (unpaired) electrons. The second kappa shape index (κ2) is 5.47. The van der Waals surface area contributed by atoms with Crippen molar-refractivity contribution in [2.75, 3.05) is 0 Å². The number of nitrogens with one attached hydrogen (secondary N) is 2. The molecule has 0 aliphatic carbocycles. The van der Waals surface area contributed by atoms with E-state index in [1.54, 1.807) is 6.19 Å². The van der Waals surface area contributed by atoms with Crippen LogP contribution >= 0.6 is 0 Å². The molecule has 1 aliphatic heterocycles. The standard InChI is InChI=1S/C16H12N6/c17-8-13-14(21-16(20-9-18)22-15(13)19)12-6-5-10-3-1-2-4-11(10)7-12/h1-7,14H,19H2,(H2,20,21,22). The second-order valence-corrected chi connectivity index (χ2v) is 4.79. The van der Waals surface area contributed by atoms with Crippen molar-refractivity contribution in [2.45, 2.75) is 6.04 Å². The molecule has 0 spiro atoms. The van der Waals surface area contributed by atoms with Crippen LogP contribution in [-0.4, -0.2) is 5.96 Å². The number of nitrogens with zero attached hydrogens (tertiary/aromatic N) is 3. The molecule has 6 nitrogen and oxygen atoms in total. The number of benzene rings is 2. The monoisotopic (exact) mass is 288 g/mol. The fraction of sp³-hybridized carbons (Fsp3) is 0.0625. The largest absolute Gasteiger partial charge is 0.384 e. The van der Waals surface area contributed by atoms with E-state index in [1.807, 2.05) is 42.5 Å². The zero-order valence-corrected chi connectivity index (χ0v) is 11.5. The molecule has 2 aromatic rings. The number of fused-ring (bicyclic) bond motifs is 1. The average Bonchev–Trinajstić information content (AvgIpc) is 2.54. The Bertz CT molecular complexity index is 881. The van der Waals surface area contributed by atoms with Crippen LogP contribution in [0, 0.1) is 22.8 Å². The van der Waals surface area contributed by atoms with E-state index in [2.05, 4.69) is 21.7 Å². The van der Waals surface area contributed by atoms with Gasteiger partial charge in [0.2, 0.25) is 5.96 Å². The van der Waals surface area contributed by atoms with E-state index >= 15 is 0 Å². The van der Waals surface area contributed by atoms with Crippen molar-refractivity contribution in [2.24, 2.45) is 10.7 Å².